The Balaban J connectivity index is 0.814. The first-order chi connectivity index (χ1) is 34.5. The van der Waals surface area contributed by atoms with Gasteiger partial charge in [-0.2, -0.15) is 15.0 Å². The molecule has 71 heavy (non-hydrogen) atoms. The molecule has 12 rings (SSSR count). The maximum atomic E-state index is 15.0. The van der Waals surface area contributed by atoms with Gasteiger partial charge in [0.2, 0.25) is 23.8 Å². The Labute approximate surface area is 408 Å². The fourth-order valence-electron chi connectivity index (χ4n) is 12.9. The van der Waals surface area contributed by atoms with Gasteiger partial charge in [0, 0.05) is 82.4 Å². The second-order valence-electron chi connectivity index (χ2n) is 21.5. The highest BCUT2D eigenvalue weighted by Crippen LogP contribution is 2.40. The summed E-state index contributed by atoms with van der Waals surface area (Å²) in [5.74, 6) is -1.06. The standard InChI is InChI=1S/C49H66F2N16O4/c1-62-37-24-53-43(58-33-14-20-71-21-15-33)59-40(37)66(46(62)68)35-8-6-29(22-35)28-64-39-26-55-45(57-32-12-18-52-19-13-32)61-42(39)67(48(64)70)36-9-7-30(23-36)27-63-38-25-54-44(56-31-10-16-49(50,51)17-11-31)60-41(38)65(47(63)69)34-4-2-3-5-34/h24-26,29-36,52H,2-23,27-28H2,1H3,(H,53,58,59)(H,54,56,60)(H,55,57,61). The van der Waals surface area contributed by atoms with Crippen molar-refractivity contribution in [2.24, 2.45) is 18.9 Å². The number of rotatable bonds is 13. The summed E-state index contributed by atoms with van der Waals surface area (Å²) < 4.78 is 44.4. The molecule has 22 heteroatoms. The van der Waals surface area contributed by atoms with Gasteiger partial charge in [-0.3, -0.25) is 27.4 Å². The SMILES string of the molecule is Cn1c(=O)n(C2CCC(Cn3c(=O)n(C4CCC(Cn5c(=O)n(C6CCCC6)c6nc(NC7CCC(F)(F)CC7)ncc65)C4)c4nc(NC5CCNCC5)ncc43)C2)c2nc(NC3CCOCC3)ncc21. The van der Waals surface area contributed by atoms with Crippen LogP contribution in [0.15, 0.2) is 33.0 Å². The van der Waals surface area contributed by atoms with Crippen LogP contribution in [-0.2, 0) is 24.9 Å². The molecule has 4 atom stereocenters. The molecule has 6 fully saturated rings. The molecule has 0 spiro atoms. The Morgan fingerprint density at radius 3 is 1.56 bits per heavy atom. The van der Waals surface area contributed by atoms with Gasteiger partial charge in [0.15, 0.2) is 16.9 Å². The van der Waals surface area contributed by atoms with Crippen LogP contribution in [0.1, 0.15) is 134 Å². The number of fused-ring (bicyclic) bond motifs is 3. The lowest BCUT2D eigenvalue weighted by molar-refractivity contribution is -0.0361. The van der Waals surface area contributed by atoms with E-state index in [0.717, 1.165) is 90.1 Å². The van der Waals surface area contributed by atoms with Crippen molar-refractivity contribution in [1.82, 2.24) is 62.6 Å². The van der Waals surface area contributed by atoms with Gasteiger partial charge >= 0.3 is 17.1 Å². The molecule has 0 radical (unpaired) electrons. The third kappa shape index (κ3) is 9.00. The molecule has 8 heterocycles. The number of nitrogens with one attached hydrogen (secondary N) is 4. The summed E-state index contributed by atoms with van der Waals surface area (Å²) in [4.78, 5) is 72.3. The average molecular weight is 981 g/mol. The van der Waals surface area contributed by atoms with Crippen molar-refractivity contribution in [2.45, 2.75) is 171 Å². The summed E-state index contributed by atoms with van der Waals surface area (Å²) in [6.07, 6.45) is 17.6. The van der Waals surface area contributed by atoms with Crippen LogP contribution in [0.25, 0.3) is 33.5 Å². The number of imidazole rings is 3. The molecular weight excluding hydrogens is 915 g/mol. The van der Waals surface area contributed by atoms with Crippen molar-refractivity contribution in [3.63, 3.8) is 0 Å². The minimum Gasteiger partial charge on any atom is -0.381 e. The fraction of sp³-hybridized carbons (Fsp3) is 0.694. The first-order valence-electron chi connectivity index (χ1n) is 26.4. The van der Waals surface area contributed by atoms with E-state index in [1.807, 2.05) is 22.8 Å². The Kier molecular flexibility index (Phi) is 12.4. The molecule has 380 valence electrons. The molecule has 0 amide bonds. The number of alkyl halides is 2. The predicted molar refractivity (Wildman–Crippen MR) is 264 cm³/mol. The Morgan fingerprint density at radius 2 is 1.03 bits per heavy atom. The van der Waals surface area contributed by atoms with Gasteiger partial charge in [-0.1, -0.05) is 12.8 Å². The van der Waals surface area contributed by atoms with E-state index < -0.39 is 5.92 Å². The maximum Gasteiger partial charge on any atom is 0.330 e. The summed E-state index contributed by atoms with van der Waals surface area (Å²) in [5, 5.41) is 13.7. The predicted octanol–water partition coefficient (Wildman–Crippen LogP) is 5.89. The number of anilines is 3. The zero-order chi connectivity index (χ0) is 48.4. The minimum atomic E-state index is -2.64. The summed E-state index contributed by atoms with van der Waals surface area (Å²) in [5.41, 5.74) is 3.51. The molecule has 2 aliphatic heterocycles. The Bertz CT molecular complexity index is 3090. The third-order valence-electron chi connectivity index (χ3n) is 16.9. The number of piperidine rings is 1. The van der Waals surface area contributed by atoms with E-state index in [9.17, 15) is 18.4 Å². The highest BCUT2D eigenvalue weighted by Gasteiger charge is 2.37. The van der Waals surface area contributed by atoms with Gasteiger partial charge in [-0.05, 0) is 115 Å². The number of aromatic nitrogens is 12. The molecule has 20 nitrogen and oxygen atoms in total. The zero-order valence-corrected chi connectivity index (χ0v) is 40.6. The monoisotopic (exact) mass is 981 g/mol. The zero-order valence-electron chi connectivity index (χ0n) is 40.6. The number of hydrogen-bond donors (Lipinski definition) is 4. The third-order valence-corrected chi connectivity index (χ3v) is 16.9. The summed E-state index contributed by atoms with van der Waals surface area (Å²) in [7, 11) is 1.77. The summed E-state index contributed by atoms with van der Waals surface area (Å²) in [6.45, 7) is 4.13. The van der Waals surface area contributed by atoms with Crippen LogP contribution in [0.2, 0.25) is 0 Å². The molecule has 4 unspecified atom stereocenters. The summed E-state index contributed by atoms with van der Waals surface area (Å²) >= 11 is 0. The van der Waals surface area contributed by atoms with Gasteiger partial charge in [0.05, 0.1) is 18.6 Å². The quantitative estimate of drug-likeness (QED) is 0.106. The highest BCUT2D eigenvalue weighted by molar-refractivity contribution is 5.74. The number of nitrogens with zero attached hydrogens (tertiary/aromatic N) is 12. The van der Waals surface area contributed by atoms with E-state index in [1.54, 1.807) is 30.2 Å². The normalized spacial score (nSPS) is 25.1. The first-order valence-corrected chi connectivity index (χ1v) is 26.4. The average Bonchev–Trinajstić information content (AvgIpc) is 4.25. The van der Waals surface area contributed by atoms with Crippen molar-refractivity contribution in [1.29, 1.82) is 0 Å². The van der Waals surface area contributed by atoms with Crippen LogP contribution in [0.5, 0.6) is 0 Å². The highest BCUT2D eigenvalue weighted by atomic mass is 19.3. The lowest BCUT2D eigenvalue weighted by atomic mass is 9.92. The first kappa shape index (κ1) is 46.3. The molecule has 4 N–H and O–H groups in total. The molecule has 6 aliphatic rings. The number of halogens is 2. The Morgan fingerprint density at radius 1 is 0.577 bits per heavy atom. The van der Waals surface area contributed by atoms with Gasteiger partial charge in [0.25, 0.3) is 0 Å². The maximum absolute atomic E-state index is 15.0. The van der Waals surface area contributed by atoms with E-state index in [2.05, 4.69) is 31.2 Å². The second kappa shape index (κ2) is 19.0. The van der Waals surface area contributed by atoms with E-state index in [4.69, 9.17) is 24.7 Å². The fourth-order valence-corrected chi connectivity index (χ4v) is 12.9. The van der Waals surface area contributed by atoms with Gasteiger partial charge in [-0.15, -0.1) is 0 Å². The summed E-state index contributed by atoms with van der Waals surface area (Å²) in [6, 6.07) is 0.0614. The largest absolute Gasteiger partial charge is 0.381 e. The molecule has 6 aromatic rings. The van der Waals surface area contributed by atoms with E-state index in [1.165, 1.54) is 0 Å². The van der Waals surface area contributed by atoms with Gasteiger partial charge < -0.3 is 26.0 Å². The number of aryl methyl sites for hydroxylation is 1. The molecule has 4 saturated carbocycles. The lowest BCUT2D eigenvalue weighted by Crippen LogP contribution is -2.35. The molecule has 0 bridgehead atoms. The Hall–Kier alpha value is -5.77. The van der Waals surface area contributed by atoms with Crippen molar-refractivity contribution in [3.8, 4) is 0 Å². The molecular formula is C49H66F2N16O4. The van der Waals surface area contributed by atoms with Crippen LogP contribution < -0.4 is 38.3 Å². The second-order valence-corrected chi connectivity index (χ2v) is 21.5. The minimum absolute atomic E-state index is 0.0326. The molecule has 4 aliphatic carbocycles. The molecule has 0 aromatic carbocycles. The van der Waals surface area contributed by atoms with Crippen LogP contribution in [0.3, 0.4) is 0 Å². The van der Waals surface area contributed by atoms with Gasteiger partial charge in [0.1, 0.15) is 16.6 Å². The van der Waals surface area contributed by atoms with Crippen molar-refractivity contribution in [2.75, 3.05) is 42.3 Å². The molecule has 6 aromatic heterocycles. The number of hydrogen-bond acceptors (Lipinski definition) is 14. The topological polar surface area (TPSA) is 215 Å². The van der Waals surface area contributed by atoms with E-state index in [0.29, 0.717) is 103 Å². The van der Waals surface area contributed by atoms with Crippen LogP contribution >= 0.6 is 0 Å². The van der Waals surface area contributed by atoms with Crippen LogP contribution in [0.4, 0.5) is 26.6 Å². The van der Waals surface area contributed by atoms with Crippen molar-refractivity contribution < 1.29 is 13.5 Å². The smallest absolute Gasteiger partial charge is 0.330 e. The van der Waals surface area contributed by atoms with Crippen molar-refractivity contribution >= 4 is 51.3 Å². The van der Waals surface area contributed by atoms with E-state index in [-0.39, 0.29) is 78.0 Å². The van der Waals surface area contributed by atoms with Crippen LogP contribution in [-0.4, -0.2) is 108 Å². The van der Waals surface area contributed by atoms with E-state index >= 15 is 4.79 Å². The molecule has 2 saturated heterocycles. The lowest BCUT2D eigenvalue weighted by Gasteiger charge is -2.28. The van der Waals surface area contributed by atoms with Gasteiger partial charge in [-0.25, -0.2) is 38.1 Å². The number of ether oxygens (including phenoxy) is 1. The van der Waals surface area contributed by atoms with Crippen LogP contribution in [0, 0.1) is 11.8 Å². The van der Waals surface area contributed by atoms with Crippen molar-refractivity contribution in [3.05, 3.63) is 50.0 Å².